The summed E-state index contributed by atoms with van der Waals surface area (Å²) < 4.78 is 9.91. The van der Waals surface area contributed by atoms with Gasteiger partial charge in [0.25, 0.3) is 0 Å². The van der Waals surface area contributed by atoms with Gasteiger partial charge in [0.1, 0.15) is 5.70 Å². The van der Waals surface area contributed by atoms with E-state index in [9.17, 15) is 9.59 Å². The summed E-state index contributed by atoms with van der Waals surface area (Å²) in [7, 11) is 0. The fourth-order valence-electron chi connectivity index (χ4n) is 2.56. The normalized spacial score (nSPS) is 11.5. The number of hydrogen-bond acceptors (Lipinski definition) is 5. The summed E-state index contributed by atoms with van der Waals surface area (Å²) in [6.45, 7) is 9.88. The van der Waals surface area contributed by atoms with E-state index in [1.807, 2.05) is 26.0 Å². The molecule has 0 amide bonds. The number of benzene rings is 1. The van der Waals surface area contributed by atoms with Crippen molar-refractivity contribution in [3.05, 3.63) is 40.7 Å². The number of fused-ring (bicyclic) bond motifs is 1. The number of carbonyl (C=O) groups is 2. The molecule has 2 aromatic rings. The first-order valence-corrected chi connectivity index (χ1v) is 8.29. The van der Waals surface area contributed by atoms with E-state index < -0.39 is 11.9 Å². The van der Waals surface area contributed by atoms with Crippen LogP contribution in [-0.4, -0.2) is 30.1 Å². The standard InChI is InChI=1S/C19H24N2O4/c1-6-24-18(22)10-17(19(23)25-7-2)21-15-9-16-14(8-11(15)3)12(4)13(5)20-16/h8-10,20-21H,6-7H2,1-5H3. The van der Waals surface area contributed by atoms with Crippen LogP contribution < -0.4 is 5.32 Å². The van der Waals surface area contributed by atoms with Crippen LogP contribution in [0.3, 0.4) is 0 Å². The van der Waals surface area contributed by atoms with E-state index in [-0.39, 0.29) is 18.9 Å². The van der Waals surface area contributed by atoms with Crippen LogP contribution in [0.5, 0.6) is 0 Å². The molecule has 0 saturated carbocycles. The van der Waals surface area contributed by atoms with Gasteiger partial charge >= 0.3 is 11.9 Å². The van der Waals surface area contributed by atoms with Gasteiger partial charge in [-0.3, -0.25) is 0 Å². The van der Waals surface area contributed by atoms with Gasteiger partial charge < -0.3 is 19.8 Å². The zero-order valence-corrected chi connectivity index (χ0v) is 15.3. The summed E-state index contributed by atoms with van der Waals surface area (Å²) in [5.41, 5.74) is 4.97. The molecule has 0 radical (unpaired) electrons. The first-order valence-electron chi connectivity index (χ1n) is 8.29. The molecule has 1 aromatic carbocycles. The summed E-state index contributed by atoms with van der Waals surface area (Å²) in [6, 6.07) is 3.96. The van der Waals surface area contributed by atoms with Gasteiger partial charge in [0, 0.05) is 22.3 Å². The van der Waals surface area contributed by atoms with Crippen LogP contribution in [0.4, 0.5) is 5.69 Å². The maximum absolute atomic E-state index is 12.2. The largest absolute Gasteiger partial charge is 0.463 e. The van der Waals surface area contributed by atoms with Crippen molar-refractivity contribution in [2.45, 2.75) is 34.6 Å². The number of rotatable bonds is 6. The predicted octanol–water partition coefficient (Wildman–Crippen LogP) is 3.52. The van der Waals surface area contributed by atoms with Crippen molar-refractivity contribution in [3.8, 4) is 0 Å². The Morgan fingerprint density at radius 3 is 2.44 bits per heavy atom. The van der Waals surface area contributed by atoms with Crippen molar-refractivity contribution in [3.63, 3.8) is 0 Å². The highest BCUT2D eigenvalue weighted by atomic mass is 16.5. The van der Waals surface area contributed by atoms with Crippen LogP contribution in [0.15, 0.2) is 23.9 Å². The van der Waals surface area contributed by atoms with E-state index in [2.05, 4.69) is 17.2 Å². The number of aromatic nitrogens is 1. The van der Waals surface area contributed by atoms with Gasteiger partial charge in [-0.1, -0.05) is 0 Å². The summed E-state index contributed by atoms with van der Waals surface area (Å²) in [5, 5.41) is 4.14. The lowest BCUT2D eigenvalue weighted by Gasteiger charge is -2.13. The maximum Gasteiger partial charge on any atom is 0.355 e. The van der Waals surface area contributed by atoms with Crippen molar-refractivity contribution in [2.24, 2.45) is 0 Å². The summed E-state index contributed by atoms with van der Waals surface area (Å²) >= 11 is 0. The Hall–Kier alpha value is -2.76. The molecule has 0 aliphatic heterocycles. The molecule has 0 spiro atoms. The SMILES string of the molecule is CCOC(=O)C=C(Nc1cc2[nH]c(C)c(C)c2cc1C)C(=O)OCC. The molecular weight excluding hydrogens is 320 g/mol. The molecule has 0 aliphatic rings. The van der Waals surface area contributed by atoms with Gasteiger partial charge in [-0.2, -0.15) is 0 Å². The van der Waals surface area contributed by atoms with Crippen molar-refractivity contribution in [2.75, 3.05) is 18.5 Å². The molecule has 0 aliphatic carbocycles. The molecule has 0 atom stereocenters. The minimum absolute atomic E-state index is 0.0442. The molecule has 2 rings (SSSR count). The number of ether oxygens (including phenoxy) is 2. The van der Waals surface area contributed by atoms with E-state index in [1.54, 1.807) is 13.8 Å². The Kier molecular flexibility index (Phi) is 5.85. The molecule has 0 bridgehead atoms. The predicted molar refractivity (Wildman–Crippen MR) is 97.5 cm³/mol. The van der Waals surface area contributed by atoms with Crippen molar-refractivity contribution in [1.29, 1.82) is 0 Å². The summed E-state index contributed by atoms with van der Waals surface area (Å²) in [5.74, 6) is -1.20. The molecule has 2 N–H and O–H groups in total. The lowest BCUT2D eigenvalue weighted by atomic mass is 10.1. The third-order valence-corrected chi connectivity index (χ3v) is 3.97. The van der Waals surface area contributed by atoms with Crippen LogP contribution in [-0.2, 0) is 19.1 Å². The zero-order chi connectivity index (χ0) is 18.6. The van der Waals surface area contributed by atoms with Gasteiger partial charge in [-0.05, 0) is 57.9 Å². The van der Waals surface area contributed by atoms with Gasteiger partial charge in [0.15, 0.2) is 0 Å². The van der Waals surface area contributed by atoms with E-state index in [0.717, 1.165) is 33.9 Å². The average molecular weight is 344 g/mol. The topological polar surface area (TPSA) is 80.4 Å². The average Bonchev–Trinajstić information content (AvgIpc) is 2.82. The Morgan fingerprint density at radius 2 is 1.80 bits per heavy atom. The molecule has 1 aromatic heterocycles. The van der Waals surface area contributed by atoms with Gasteiger partial charge in [-0.15, -0.1) is 0 Å². The number of anilines is 1. The van der Waals surface area contributed by atoms with Crippen molar-refractivity contribution >= 4 is 28.5 Å². The zero-order valence-electron chi connectivity index (χ0n) is 15.3. The Labute approximate surface area is 147 Å². The molecular formula is C19H24N2O4. The van der Waals surface area contributed by atoms with E-state index in [0.29, 0.717) is 0 Å². The third kappa shape index (κ3) is 4.21. The van der Waals surface area contributed by atoms with Crippen LogP contribution in [0.25, 0.3) is 10.9 Å². The van der Waals surface area contributed by atoms with Crippen LogP contribution in [0, 0.1) is 20.8 Å². The Balaban J connectivity index is 2.40. The van der Waals surface area contributed by atoms with Crippen LogP contribution in [0.1, 0.15) is 30.7 Å². The first kappa shape index (κ1) is 18.6. The molecule has 6 nitrogen and oxygen atoms in total. The molecule has 134 valence electrons. The number of H-pyrrole nitrogens is 1. The molecule has 0 saturated heterocycles. The number of aromatic amines is 1. The summed E-state index contributed by atoms with van der Waals surface area (Å²) in [6.07, 6.45) is 1.12. The van der Waals surface area contributed by atoms with E-state index in [1.165, 1.54) is 5.56 Å². The number of hydrogen-bond donors (Lipinski definition) is 2. The quantitative estimate of drug-likeness (QED) is 0.619. The third-order valence-electron chi connectivity index (χ3n) is 3.97. The Morgan fingerprint density at radius 1 is 1.12 bits per heavy atom. The van der Waals surface area contributed by atoms with Gasteiger partial charge in [0.05, 0.1) is 19.3 Å². The van der Waals surface area contributed by atoms with Crippen LogP contribution >= 0.6 is 0 Å². The number of carbonyl (C=O) groups excluding carboxylic acids is 2. The highest BCUT2D eigenvalue weighted by Gasteiger charge is 2.16. The molecule has 25 heavy (non-hydrogen) atoms. The minimum atomic E-state index is -0.603. The van der Waals surface area contributed by atoms with Gasteiger partial charge in [0.2, 0.25) is 0 Å². The molecule has 0 unspecified atom stereocenters. The van der Waals surface area contributed by atoms with Crippen molar-refractivity contribution in [1.82, 2.24) is 4.98 Å². The van der Waals surface area contributed by atoms with Gasteiger partial charge in [-0.25, -0.2) is 9.59 Å². The smallest absolute Gasteiger partial charge is 0.355 e. The highest BCUT2D eigenvalue weighted by molar-refractivity contribution is 5.99. The van der Waals surface area contributed by atoms with Crippen LogP contribution in [0.2, 0.25) is 0 Å². The first-order chi connectivity index (χ1) is 11.9. The Bertz CT molecular complexity index is 834. The molecule has 1 heterocycles. The second kappa shape index (κ2) is 7.88. The monoisotopic (exact) mass is 344 g/mol. The lowest BCUT2D eigenvalue weighted by molar-refractivity contribution is -0.140. The fourth-order valence-corrected chi connectivity index (χ4v) is 2.56. The number of aryl methyl sites for hydroxylation is 3. The van der Waals surface area contributed by atoms with Crippen molar-refractivity contribution < 1.29 is 19.1 Å². The van der Waals surface area contributed by atoms with E-state index in [4.69, 9.17) is 9.47 Å². The number of nitrogens with one attached hydrogen (secondary N) is 2. The highest BCUT2D eigenvalue weighted by Crippen LogP contribution is 2.28. The summed E-state index contributed by atoms with van der Waals surface area (Å²) in [4.78, 5) is 27.2. The maximum atomic E-state index is 12.2. The fraction of sp³-hybridized carbons (Fsp3) is 0.368. The molecule has 0 fully saturated rings. The minimum Gasteiger partial charge on any atom is -0.463 e. The number of esters is 2. The lowest BCUT2D eigenvalue weighted by Crippen LogP contribution is -2.17. The molecule has 6 heteroatoms. The second-order valence-corrected chi connectivity index (χ2v) is 5.74. The van der Waals surface area contributed by atoms with E-state index >= 15 is 0 Å². The second-order valence-electron chi connectivity index (χ2n) is 5.74.